The molecule has 1 aliphatic rings. The molecular formula is C26H33N7O5S. The SMILES string of the molecule is Cn1c(CNc2ccc(C(=N)N)cc2)nc2cc(C(C)(CNS(=O)(=O)CC(=O)O)C(=O)N3CCCC3)ccc21. The van der Waals surface area contributed by atoms with Gasteiger partial charge in [-0.25, -0.2) is 18.1 Å². The van der Waals surface area contributed by atoms with Crippen LogP contribution < -0.4 is 15.8 Å². The minimum Gasteiger partial charge on any atom is -0.480 e. The average molecular weight is 556 g/mol. The largest absolute Gasteiger partial charge is 0.480 e. The van der Waals surface area contributed by atoms with Gasteiger partial charge in [0.1, 0.15) is 11.7 Å². The van der Waals surface area contributed by atoms with Crippen LogP contribution in [0.2, 0.25) is 0 Å². The first-order chi connectivity index (χ1) is 18.4. The maximum Gasteiger partial charge on any atom is 0.320 e. The summed E-state index contributed by atoms with van der Waals surface area (Å²) in [5.74, 6) is -2.02. The molecule has 0 bridgehead atoms. The number of nitrogens with two attached hydrogens (primary N) is 1. The molecule has 1 saturated heterocycles. The van der Waals surface area contributed by atoms with Crippen LogP contribution in [0.5, 0.6) is 0 Å². The zero-order valence-corrected chi connectivity index (χ0v) is 22.7. The summed E-state index contributed by atoms with van der Waals surface area (Å²) in [6.45, 7) is 2.99. The van der Waals surface area contributed by atoms with Crippen LogP contribution in [0, 0.1) is 5.41 Å². The molecule has 0 spiro atoms. The monoisotopic (exact) mass is 555 g/mol. The third kappa shape index (κ3) is 6.20. The molecule has 6 N–H and O–H groups in total. The number of nitrogens with zero attached hydrogens (tertiary/aromatic N) is 3. The summed E-state index contributed by atoms with van der Waals surface area (Å²) >= 11 is 0. The van der Waals surface area contributed by atoms with E-state index in [9.17, 15) is 18.0 Å². The molecule has 0 saturated carbocycles. The zero-order chi connectivity index (χ0) is 28.4. The lowest BCUT2D eigenvalue weighted by Gasteiger charge is -2.33. The molecule has 0 aliphatic carbocycles. The molecule has 1 fully saturated rings. The molecular weight excluding hydrogens is 522 g/mol. The predicted octanol–water partition coefficient (Wildman–Crippen LogP) is 1.35. The van der Waals surface area contributed by atoms with Crippen molar-refractivity contribution in [2.24, 2.45) is 12.8 Å². The zero-order valence-electron chi connectivity index (χ0n) is 21.9. The van der Waals surface area contributed by atoms with E-state index in [2.05, 4.69) is 10.0 Å². The van der Waals surface area contributed by atoms with Crippen molar-refractivity contribution < 1.29 is 23.1 Å². The number of carbonyl (C=O) groups is 2. The van der Waals surface area contributed by atoms with Gasteiger partial charge in [0.15, 0.2) is 5.75 Å². The van der Waals surface area contributed by atoms with E-state index in [0.29, 0.717) is 36.3 Å². The maximum absolute atomic E-state index is 13.7. The van der Waals surface area contributed by atoms with Gasteiger partial charge in [0.05, 0.1) is 23.0 Å². The number of hydrogen-bond acceptors (Lipinski definition) is 7. The number of carboxylic acids is 1. The first kappa shape index (κ1) is 28.0. The first-order valence-corrected chi connectivity index (χ1v) is 14.2. The van der Waals surface area contributed by atoms with E-state index in [1.54, 1.807) is 36.1 Å². The van der Waals surface area contributed by atoms with Crippen molar-refractivity contribution in [1.29, 1.82) is 5.41 Å². The van der Waals surface area contributed by atoms with E-state index < -0.39 is 27.2 Å². The Morgan fingerprint density at radius 2 is 1.82 bits per heavy atom. The molecule has 2 aromatic carbocycles. The van der Waals surface area contributed by atoms with Gasteiger partial charge in [0.2, 0.25) is 15.9 Å². The van der Waals surface area contributed by atoms with Gasteiger partial charge in [-0.1, -0.05) is 6.07 Å². The number of carbonyl (C=O) groups excluding carboxylic acids is 1. The second-order valence-electron chi connectivity index (χ2n) is 9.94. The Morgan fingerprint density at radius 1 is 1.15 bits per heavy atom. The lowest BCUT2D eigenvalue weighted by molar-refractivity contribution is -0.135. The number of aromatic nitrogens is 2. The fourth-order valence-corrected chi connectivity index (χ4v) is 5.67. The van der Waals surface area contributed by atoms with Gasteiger partial charge in [-0.2, -0.15) is 0 Å². The highest BCUT2D eigenvalue weighted by Gasteiger charge is 2.40. The average Bonchev–Trinajstić information content (AvgIpc) is 3.53. The van der Waals surface area contributed by atoms with Gasteiger partial charge in [-0.05, 0) is 61.7 Å². The van der Waals surface area contributed by atoms with Gasteiger partial charge in [-0.15, -0.1) is 0 Å². The van der Waals surface area contributed by atoms with Crippen molar-refractivity contribution in [3.05, 3.63) is 59.4 Å². The quantitative estimate of drug-likeness (QED) is 0.173. The van der Waals surface area contributed by atoms with Crippen molar-refractivity contribution in [3.63, 3.8) is 0 Å². The smallest absolute Gasteiger partial charge is 0.320 e. The normalized spacial score (nSPS) is 15.3. The Balaban J connectivity index is 1.61. The third-order valence-corrected chi connectivity index (χ3v) is 8.29. The standard InChI is InChI=1S/C26H33N7O5S/c1-26(25(36)33-11-3-4-12-33,16-30-39(37,38)15-23(34)35)18-7-10-21-20(13-18)31-22(32(21)2)14-29-19-8-5-17(6-9-19)24(27)28/h5-10,13,29-30H,3-4,11-12,14-16H2,1-2H3,(H3,27,28)(H,34,35). The van der Waals surface area contributed by atoms with Crippen LogP contribution in [0.1, 0.15) is 36.7 Å². The maximum atomic E-state index is 13.7. The van der Waals surface area contributed by atoms with E-state index >= 15 is 0 Å². The third-order valence-electron chi connectivity index (χ3n) is 7.08. The number of benzene rings is 2. The first-order valence-electron chi connectivity index (χ1n) is 12.5. The van der Waals surface area contributed by atoms with Gasteiger partial charge < -0.3 is 25.6 Å². The fraction of sp³-hybridized carbons (Fsp3) is 0.385. The number of nitrogen functional groups attached to an aromatic ring is 1. The highest BCUT2D eigenvalue weighted by Crippen LogP contribution is 2.31. The number of amidine groups is 1. The van der Waals surface area contributed by atoms with E-state index in [1.807, 2.05) is 29.8 Å². The molecule has 4 rings (SSSR count). The van der Waals surface area contributed by atoms with Crippen molar-refractivity contribution in [1.82, 2.24) is 19.2 Å². The summed E-state index contributed by atoms with van der Waals surface area (Å²) < 4.78 is 28.9. The summed E-state index contributed by atoms with van der Waals surface area (Å²) in [6, 6.07) is 12.6. The number of aliphatic carboxylic acids is 1. The molecule has 1 aliphatic heterocycles. The Bertz CT molecular complexity index is 1510. The summed E-state index contributed by atoms with van der Waals surface area (Å²) in [5.41, 5.74) is 7.79. The van der Waals surface area contributed by atoms with Gasteiger partial charge in [0.25, 0.3) is 0 Å². The number of amides is 1. The number of fused-ring (bicyclic) bond motifs is 1. The topological polar surface area (TPSA) is 183 Å². The molecule has 1 unspecified atom stereocenters. The number of anilines is 1. The van der Waals surface area contributed by atoms with Gasteiger partial charge in [-0.3, -0.25) is 15.0 Å². The molecule has 208 valence electrons. The van der Waals surface area contributed by atoms with Crippen molar-refractivity contribution in [2.75, 3.05) is 30.7 Å². The van der Waals surface area contributed by atoms with Crippen LogP contribution in [0.4, 0.5) is 5.69 Å². The Hall–Kier alpha value is -3.97. The van der Waals surface area contributed by atoms with Crippen molar-refractivity contribution >= 4 is 44.5 Å². The molecule has 0 radical (unpaired) electrons. The number of nitrogens with one attached hydrogen (secondary N) is 3. The Labute approximate surface area is 226 Å². The van der Waals surface area contributed by atoms with Crippen LogP contribution in [0.25, 0.3) is 11.0 Å². The molecule has 12 nitrogen and oxygen atoms in total. The summed E-state index contributed by atoms with van der Waals surface area (Å²) in [6.07, 6.45) is 1.75. The second-order valence-corrected chi connectivity index (χ2v) is 11.7. The van der Waals surface area contributed by atoms with Crippen LogP contribution >= 0.6 is 0 Å². The second kappa shape index (κ2) is 11.0. The fourth-order valence-electron chi connectivity index (χ4n) is 4.74. The summed E-state index contributed by atoms with van der Waals surface area (Å²) in [4.78, 5) is 31.1. The molecule has 39 heavy (non-hydrogen) atoms. The molecule has 2 heterocycles. The minimum absolute atomic E-state index is 0.00222. The lowest BCUT2D eigenvalue weighted by Crippen LogP contribution is -2.51. The Morgan fingerprint density at radius 3 is 2.44 bits per heavy atom. The van der Waals surface area contributed by atoms with E-state index in [4.69, 9.17) is 21.2 Å². The number of carboxylic acid groups (broad SMARTS) is 1. The van der Waals surface area contributed by atoms with Crippen molar-refractivity contribution in [3.8, 4) is 0 Å². The molecule has 1 aromatic heterocycles. The lowest BCUT2D eigenvalue weighted by atomic mass is 9.81. The van der Waals surface area contributed by atoms with Crippen LogP contribution in [0.3, 0.4) is 0 Å². The van der Waals surface area contributed by atoms with E-state index in [-0.39, 0.29) is 18.3 Å². The van der Waals surface area contributed by atoms with Gasteiger partial charge >= 0.3 is 5.97 Å². The highest BCUT2D eigenvalue weighted by molar-refractivity contribution is 7.90. The minimum atomic E-state index is -4.13. The number of imidazole rings is 1. The number of sulfonamides is 1. The highest BCUT2D eigenvalue weighted by atomic mass is 32.2. The Kier molecular flexibility index (Phi) is 7.93. The number of likely N-dealkylation sites (tertiary alicyclic amines) is 1. The van der Waals surface area contributed by atoms with Crippen LogP contribution in [-0.4, -0.2) is 71.1 Å². The predicted molar refractivity (Wildman–Crippen MR) is 148 cm³/mol. The van der Waals surface area contributed by atoms with E-state index in [0.717, 1.165) is 29.9 Å². The molecule has 1 atom stereocenters. The molecule has 3 aromatic rings. The number of aryl methyl sites for hydroxylation is 1. The van der Waals surface area contributed by atoms with E-state index in [1.165, 1.54) is 0 Å². The van der Waals surface area contributed by atoms with Crippen LogP contribution in [0.15, 0.2) is 42.5 Å². The molecule has 13 heteroatoms. The summed E-state index contributed by atoms with van der Waals surface area (Å²) in [7, 11) is -2.24. The van der Waals surface area contributed by atoms with Crippen molar-refractivity contribution in [2.45, 2.75) is 31.7 Å². The number of rotatable bonds is 11. The molecule has 1 amide bonds. The van der Waals surface area contributed by atoms with Crippen LogP contribution in [-0.2, 0) is 38.6 Å². The van der Waals surface area contributed by atoms with Gasteiger partial charge in [0, 0.05) is 37.9 Å². The number of hydrogen-bond donors (Lipinski definition) is 5. The summed E-state index contributed by atoms with van der Waals surface area (Å²) in [5, 5.41) is 19.8.